The molecule has 0 aliphatic rings. The SMILES string of the molecule is C=C(C#N)C(=O)Nc1cccc(-c2cnc(N)nc2Oc2ccc(Oc3ccccc3)cc2)c1. The number of para-hydroxylation sites is 1. The number of ether oxygens (including phenoxy) is 2. The van der Waals surface area contributed by atoms with Gasteiger partial charge in [0.25, 0.3) is 5.91 Å². The smallest absolute Gasteiger partial charge is 0.265 e. The number of anilines is 2. The lowest BCUT2D eigenvalue weighted by Gasteiger charge is -2.12. The van der Waals surface area contributed by atoms with Gasteiger partial charge in [0.15, 0.2) is 0 Å². The molecule has 3 aromatic carbocycles. The highest BCUT2D eigenvalue weighted by atomic mass is 16.5. The van der Waals surface area contributed by atoms with E-state index < -0.39 is 5.91 Å². The van der Waals surface area contributed by atoms with Gasteiger partial charge in [-0.2, -0.15) is 10.2 Å². The summed E-state index contributed by atoms with van der Waals surface area (Å²) in [7, 11) is 0. The lowest BCUT2D eigenvalue weighted by atomic mass is 10.1. The Kier molecular flexibility index (Phi) is 6.47. The second-order valence-electron chi connectivity index (χ2n) is 7.06. The van der Waals surface area contributed by atoms with Gasteiger partial charge in [-0.05, 0) is 54.1 Å². The fourth-order valence-electron chi connectivity index (χ4n) is 2.99. The summed E-state index contributed by atoms with van der Waals surface area (Å²) in [5.41, 5.74) is 7.32. The molecule has 4 rings (SSSR count). The van der Waals surface area contributed by atoms with E-state index in [-0.39, 0.29) is 17.4 Å². The van der Waals surface area contributed by atoms with Crippen molar-refractivity contribution in [2.24, 2.45) is 0 Å². The normalized spacial score (nSPS) is 10.1. The maximum atomic E-state index is 12.0. The van der Waals surface area contributed by atoms with Crippen molar-refractivity contribution in [3.05, 3.63) is 97.2 Å². The van der Waals surface area contributed by atoms with Crippen molar-refractivity contribution < 1.29 is 14.3 Å². The van der Waals surface area contributed by atoms with Crippen LogP contribution in [-0.2, 0) is 4.79 Å². The third kappa shape index (κ3) is 5.36. The van der Waals surface area contributed by atoms with E-state index in [0.717, 1.165) is 5.75 Å². The van der Waals surface area contributed by atoms with Gasteiger partial charge in [0.2, 0.25) is 11.8 Å². The number of nitriles is 1. The molecule has 0 radical (unpaired) electrons. The zero-order valence-corrected chi connectivity index (χ0v) is 17.9. The van der Waals surface area contributed by atoms with Gasteiger partial charge < -0.3 is 20.5 Å². The molecule has 0 unspecified atom stereocenters. The van der Waals surface area contributed by atoms with Gasteiger partial charge in [-0.3, -0.25) is 4.79 Å². The Balaban J connectivity index is 1.56. The largest absolute Gasteiger partial charge is 0.457 e. The average molecular weight is 449 g/mol. The van der Waals surface area contributed by atoms with Crippen LogP contribution in [0.3, 0.4) is 0 Å². The van der Waals surface area contributed by atoms with Crippen LogP contribution in [0.25, 0.3) is 11.1 Å². The first-order chi connectivity index (χ1) is 16.5. The van der Waals surface area contributed by atoms with E-state index in [1.807, 2.05) is 36.4 Å². The van der Waals surface area contributed by atoms with E-state index in [1.54, 1.807) is 54.7 Å². The van der Waals surface area contributed by atoms with Crippen LogP contribution in [0.4, 0.5) is 11.6 Å². The number of aromatic nitrogens is 2. The Morgan fingerprint density at radius 3 is 2.32 bits per heavy atom. The highest BCUT2D eigenvalue weighted by Gasteiger charge is 2.13. The van der Waals surface area contributed by atoms with Gasteiger partial charge in [-0.25, -0.2) is 4.98 Å². The summed E-state index contributed by atoms with van der Waals surface area (Å²) in [5, 5.41) is 11.5. The van der Waals surface area contributed by atoms with Crippen LogP contribution in [-0.4, -0.2) is 15.9 Å². The summed E-state index contributed by atoms with van der Waals surface area (Å²) in [4.78, 5) is 20.3. The molecule has 0 saturated carbocycles. The number of nitrogens with zero attached hydrogens (tertiary/aromatic N) is 3. The molecule has 0 saturated heterocycles. The second-order valence-corrected chi connectivity index (χ2v) is 7.06. The number of nitrogen functional groups attached to an aromatic ring is 1. The Labute approximate surface area is 195 Å². The number of nitrogens with one attached hydrogen (secondary N) is 1. The van der Waals surface area contributed by atoms with Crippen LogP contribution < -0.4 is 20.5 Å². The van der Waals surface area contributed by atoms with Crippen molar-refractivity contribution in [1.29, 1.82) is 5.26 Å². The fourth-order valence-corrected chi connectivity index (χ4v) is 2.99. The molecule has 4 aromatic rings. The first-order valence-electron chi connectivity index (χ1n) is 10.2. The molecule has 1 heterocycles. The number of rotatable bonds is 7. The van der Waals surface area contributed by atoms with Crippen LogP contribution >= 0.6 is 0 Å². The molecule has 34 heavy (non-hydrogen) atoms. The van der Waals surface area contributed by atoms with Crippen molar-refractivity contribution in [3.63, 3.8) is 0 Å². The van der Waals surface area contributed by atoms with Crippen LogP contribution in [0.1, 0.15) is 0 Å². The molecule has 0 spiro atoms. The Hall–Kier alpha value is -5.16. The first-order valence-corrected chi connectivity index (χ1v) is 10.2. The van der Waals surface area contributed by atoms with Gasteiger partial charge in [-0.1, -0.05) is 36.9 Å². The minimum Gasteiger partial charge on any atom is -0.457 e. The lowest BCUT2D eigenvalue weighted by Crippen LogP contribution is -2.12. The fraction of sp³-hybridized carbons (Fsp3) is 0. The molecular weight excluding hydrogens is 430 g/mol. The zero-order valence-electron chi connectivity index (χ0n) is 17.9. The number of hydrogen-bond donors (Lipinski definition) is 2. The van der Waals surface area contributed by atoms with E-state index in [4.69, 9.17) is 20.5 Å². The third-order valence-electron chi connectivity index (χ3n) is 4.63. The van der Waals surface area contributed by atoms with Crippen molar-refractivity contribution >= 4 is 17.5 Å². The van der Waals surface area contributed by atoms with E-state index >= 15 is 0 Å². The predicted octanol–water partition coefficient (Wildman–Crippen LogP) is 5.33. The minimum atomic E-state index is -0.581. The topological polar surface area (TPSA) is 123 Å². The summed E-state index contributed by atoms with van der Waals surface area (Å²) < 4.78 is 11.8. The number of amides is 1. The first kappa shape index (κ1) is 22.0. The van der Waals surface area contributed by atoms with Crippen molar-refractivity contribution in [2.75, 3.05) is 11.1 Å². The molecule has 1 aromatic heterocycles. The molecule has 0 fully saturated rings. The summed E-state index contributed by atoms with van der Waals surface area (Å²) in [6, 6.07) is 25.2. The molecule has 3 N–H and O–H groups in total. The van der Waals surface area contributed by atoms with Gasteiger partial charge in [0, 0.05) is 11.9 Å². The van der Waals surface area contributed by atoms with E-state index in [0.29, 0.717) is 28.3 Å². The van der Waals surface area contributed by atoms with Crippen molar-refractivity contribution in [3.8, 4) is 40.3 Å². The number of carbonyl (C=O) groups is 1. The Bertz CT molecular complexity index is 1380. The highest BCUT2D eigenvalue weighted by molar-refractivity contribution is 6.06. The molecule has 0 atom stereocenters. The Morgan fingerprint density at radius 2 is 1.62 bits per heavy atom. The zero-order chi connectivity index (χ0) is 23.9. The molecule has 8 heteroatoms. The van der Waals surface area contributed by atoms with Crippen LogP contribution in [0.2, 0.25) is 0 Å². The number of benzene rings is 3. The van der Waals surface area contributed by atoms with Gasteiger partial charge in [-0.15, -0.1) is 0 Å². The summed E-state index contributed by atoms with van der Waals surface area (Å²) in [5.74, 6) is 1.62. The van der Waals surface area contributed by atoms with Crippen LogP contribution in [0.15, 0.2) is 97.2 Å². The summed E-state index contributed by atoms with van der Waals surface area (Å²) in [6.07, 6.45) is 1.54. The lowest BCUT2D eigenvalue weighted by molar-refractivity contribution is -0.112. The predicted molar refractivity (Wildman–Crippen MR) is 128 cm³/mol. The molecule has 0 aliphatic carbocycles. The minimum absolute atomic E-state index is 0.0533. The van der Waals surface area contributed by atoms with Crippen molar-refractivity contribution in [2.45, 2.75) is 0 Å². The average Bonchev–Trinajstić information content (AvgIpc) is 2.85. The van der Waals surface area contributed by atoms with Crippen LogP contribution in [0, 0.1) is 11.3 Å². The number of carbonyl (C=O) groups excluding carboxylic acids is 1. The molecular formula is C26H19N5O3. The number of hydrogen-bond acceptors (Lipinski definition) is 7. The van der Waals surface area contributed by atoms with Crippen LogP contribution in [0.5, 0.6) is 23.1 Å². The maximum Gasteiger partial charge on any atom is 0.265 e. The van der Waals surface area contributed by atoms with E-state index in [9.17, 15) is 4.79 Å². The molecule has 8 nitrogen and oxygen atoms in total. The molecule has 1 amide bonds. The quantitative estimate of drug-likeness (QED) is 0.289. The third-order valence-corrected chi connectivity index (χ3v) is 4.63. The maximum absolute atomic E-state index is 12.0. The summed E-state index contributed by atoms with van der Waals surface area (Å²) in [6.45, 7) is 3.41. The van der Waals surface area contributed by atoms with Crippen molar-refractivity contribution in [1.82, 2.24) is 9.97 Å². The van der Waals surface area contributed by atoms with Gasteiger partial charge in [0.05, 0.1) is 5.56 Å². The van der Waals surface area contributed by atoms with E-state index in [1.165, 1.54) is 0 Å². The van der Waals surface area contributed by atoms with Gasteiger partial charge in [0.1, 0.15) is 28.9 Å². The second kappa shape index (κ2) is 9.97. The molecule has 0 bridgehead atoms. The van der Waals surface area contributed by atoms with Gasteiger partial charge >= 0.3 is 0 Å². The van der Waals surface area contributed by atoms with E-state index in [2.05, 4.69) is 21.9 Å². The summed E-state index contributed by atoms with van der Waals surface area (Å²) >= 11 is 0. The Morgan fingerprint density at radius 1 is 0.941 bits per heavy atom. The highest BCUT2D eigenvalue weighted by Crippen LogP contribution is 2.34. The monoisotopic (exact) mass is 449 g/mol. The number of nitrogens with two attached hydrogens (primary N) is 1. The molecule has 166 valence electrons. The standard InChI is InChI=1S/C26H19N5O3/c1-17(15-27)24(32)30-19-7-5-6-18(14-19)23-16-29-26(28)31-25(23)34-22-12-10-21(11-13-22)33-20-8-3-2-4-9-20/h2-14,16H,1H2,(H,30,32)(H2,28,29,31). The molecule has 0 aliphatic heterocycles.